The maximum Gasteiger partial charge on any atom is 0.260 e. The van der Waals surface area contributed by atoms with E-state index < -0.39 is 23.6 Å². The number of carbonyl (C=O) groups is 2. The Bertz CT molecular complexity index is 1120. The van der Waals surface area contributed by atoms with Gasteiger partial charge in [0.25, 0.3) is 5.91 Å². The lowest BCUT2D eigenvalue weighted by Crippen LogP contribution is -2.33. The quantitative estimate of drug-likeness (QED) is 0.693. The molecule has 0 unspecified atom stereocenters. The molecule has 2 amide bonds. The van der Waals surface area contributed by atoms with Crippen LogP contribution in [0.4, 0.5) is 14.5 Å². The van der Waals surface area contributed by atoms with Crippen LogP contribution in [0, 0.1) is 18.6 Å². The van der Waals surface area contributed by atoms with Crippen LogP contribution in [-0.2, 0) is 11.3 Å². The van der Waals surface area contributed by atoms with Gasteiger partial charge in [-0.2, -0.15) is 0 Å². The van der Waals surface area contributed by atoms with Crippen molar-refractivity contribution in [2.75, 3.05) is 4.90 Å². The molecule has 0 bridgehead atoms. The molecule has 0 spiro atoms. The molecule has 0 aliphatic carbocycles. The summed E-state index contributed by atoms with van der Waals surface area (Å²) in [7, 11) is 0. The number of aromatic nitrogens is 1. The zero-order chi connectivity index (χ0) is 21.3. The highest BCUT2D eigenvalue weighted by Crippen LogP contribution is 2.38. The fraction of sp³-hybridized carbons (Fsp3) is 0.174. The van der Waals surface area contributed by atoms with Crippen molar-refractivity contribution < 1.29 is 18.4 Å². The van der Waals surface area contributed by atoms with E-state index in [1.54, 1.807) is 23.2 Å². The fourth-order valence-electron chi connectivity index (χ4n) is 3.57. The number of pyridine rings is 1. The molecule has 5 nitrogen and oxygen atoms in total. The first-order valence-corrected chi connectivity index (χ1v) is 9.50. The van der Waals surface area contributed by atoms with Gasteiger partial charge in [0.05, 0.1) is 23.7 Å². The molecule has 1 aromatic heterocycles. The van der Waals surface area contributed by atoms with Gasteiger partial charge in [-0.05, 0) is 49.4 Å². The van der Waals surface area contributed by atoms with Gasteiger partial charge in [-0.15, -0.1) is 0 Å². The Morgan fingerprint density at radius 2 is 1.90 bits per heavy atom. The number of hydrogen-bond donors (Lipinski definition) is 1. The van der Waals surface area contributed by atoms with Crippen LogP contribution >= 0.6 is 0 Å². The third-order valence-electron chi connectivity index (χ3n) is 5.09. The van der Waals surface area contributed by atoms with Crippen LogP contribution in [0.2, 0.25) is 0 Å². The number of anilines is 1. The van der Waals surface area contributed by atoms with Gasteiger partial charge in [0.1, 0.15) is 11.6 Å². The van der Waals surface area contributed by atoms with Crippen LogP contribution in [0.1, 0.15) is 39.6 Å². The number of nitrogens with zero attached hydrogens (tertiary/aromatic N) is 2. The Kier molecular flexibility index (Phi) is 5.27. The number of benzene rings is 2. The normalized spacial score (nSPS) is 15.2. The number of aryl methyl sites for hydroxylation is 1. The smallest absolute Gasteiger partial charge is 0.260 e. The number of halogens is 2. The number of hydrogen-bond acceptors (Lipinski definition) is 3. The molecule has 2 heterocycles. The molecule has 3 aromatic rings. The molecule has 0 saturated heterocycles. The minimum Gasteiger partial charge on any atom is -0.352 e. The van der Waals surface area contributed by atoms with Gasteiger partial charge < -0.3 is 5.32 Å². The van der Waals surface area contributed by atoms with Crippen molar-refractivity contribution in [1.82, 2.24) is 10.3 Å². The maximum atomic E-state index is 13.8. The summed E-state index contributed by atoms with van der Waals surface area (Å²) in [5.74, 6) is -1.80. The first-order valence-electron chi connectivity index (χ1n) is 9.50. The van der Waals surface area contributed by atoms with Crippen molar-refractivity contribution in [3.8, 4) is 0 Å². The Morgan fingerprint density at radius 1 is 1.13 bits per heavy atom. The summed E-state index contributed by atoms with van der Waals surface area (Å²) in [6.45, 7) is 1.80. The third-order valence-corrected chi connectivity index (χ3v) is 5.09. The van der Waals surface area contributed by atoms with Crippen molar-refractivity contribution in [2.45, 2.75) is 25.9 Å². The average Bonchev–Trinajstić information content (AvgIpc) is 3.01. The lowest BCUT2D eigenvalue weighted by atomic mass is 10.1. The van der Waals surface area contributed by atoms with Gasteiger partial charge in [0, 0.05) is 24.0 Å². The van der Waals surface area contributed by atoms with E-state index in [1.807, 2.05) is 31.2 Å². The second kappa shape index (κ2) is 8.02. The molecule has 1 atom stereocenters. The highest BCUT2D eigenvalue weighted by molar-refractivity contribution is 6.11. The number of nitrogens with one attached hydrogen (secondary N) is 1. The lowest BCUT2D eigenvalue weighted by molar-refractivity contribution is -0.121. The first kappa shape index (κ1) is 19.7. The Morgan fingerprint density at radius 3 is 2.67 bits per heavy atom. The Labute approximate surface area is 172 Å². The predicted molar refractivity (Wildman–Crippen MR) is 108 cm³/mol. The van der Waals surface area contributed by atoms with E-state index in [2.05, 4.69) is 10.3 Å². The first-order chi connectivity index (χ1) is 14.4. The molecule has 1 N–H and O–H groups in total. The van der Waals surface area contributed by atoms with Crippen LogP contribution < -0.4 is 10.2 Å². The van der Waals surface area contributed by atoms with Gasteiger partial charge in [0.2, 0.25) is 5.91 Å². The molecule has 152 valence electrons. The van der Waals surface area contributed by atoms with Crippen LogP contribution in [0.3, 0.4) is 0 Å². The van der Waals surface area contributed by atoms with Crippen molar-refractivity contribution >= 4 is 17.5 Å². The van der Waals surface area contributed by atoms with E-state index in [9.17, 15) is 18.4 Å². The van der Waals surface area contributed by atoms with E-state index in [4.69, 9.17) is 0 Å². The van der Waals surface area contributed by atoms with E-state index in [0.717, 1.165) is 23.8 Å². The van der Waals surface area contributed by atoms with Crippen LogP contribution in [0.15, 0.2) is 60.8 Å². The highest BCUT2D eigenvalue weighted by Gasteiger charge is 2.39. The standard InChI is InChI=1S/C23H19F2N3O2/c1-14-4-7-17(8-5-14)28-20(22-18(23(28)30)3-2-10-26-22)12-21(29)27-13-15-11-16(24)6-9-19(15)25/h2-11,20H,12-13H2,1H3,(H,27,29)/t20-/m0/s1. The molecular formula is C23H19F2N3O2. The topological polar surface area (TPSA) is 62.3 Å². The minimum absolute atomic E-state index is 0.0550. The summed E-state index contributed by atoms with van der Waals surface area (Å²) in [6.07, 6.45) is 1.53. The molecule has 1 aliphatic heterocycles. The zero-order valence-corrected chi connectivity index (χ0v) is 16.2. The van der Waals surface area contributed by atoms with Gasteiger partial charge in [0.15, 0.2) is 0 Å². The van der Waals surface area contributed by atoms with Crippen molar-refractivity contribution in [1.29, 1.82) is 0 Å². The highest BCUT2D eigenvalue weighted by atomic mass is 19.1. The van der Waals surface area contributed by atoms with Crippen LogP contribution in [0.5, 0.6) is 0 Å². The van der Waals surface area contributed by atoms with Crippen molar-refractivity contribution in [3.63, 3.8) is 0 Å². The number of fused-ring (bicyclic) bond motifs is 1. The number of rotatable bonds is 5. The predicted octanol–water partition coefficient (Wildman–Crippen LogP) is 4.08. The van der Waals surface area contributed by atoms with Gasteiger partial charge in [-0.1, -0.05) is 17.7 Å². The molecular weight excluding hydrogens is 388 g/mol. The Hall–Kier alpha value is -3.61. The largest absolute Gasteiger partial charge is 0.352 e. The van der Waals surface area contributed by atoms with E-state index in [1.165, 1.54) is 0 Å². The molecule has 2 aromatic carbocycles. The maximum absolute atomic E-state index is 13.8. The molecule has 0 fully saturated rings. The SMILES string of the molecule is Cc1ccc(N2C(=O)c3cccnc3[C@@H]2CC(=O)NCc2cc(F)ccc2F)cc1. The second-order valence-corrected chi connectivity index (χ2v) is 7.18. The number of carbonyl (C=O) groups excluding carboxylic acids is 2. The monoisotopic (exact) mass is 407 g/mol. The third kappa shape index (κ3) is 3.78. The van der Waals surface area contributed by atoms with Crippen LogP contribution in [0.25, 0.3) is 0 Å². The summed E-state index contributed by atoms with van der Waals surface area (Å²) < 4.78 is 27.2. The van der Waals surface area contributed by atoms with Crippen molar-refractivity contribution in [3.05, 3.63) is 94.8 Å². The number of amides is 2. The summed E-state index contributed by atoms with van der Waals surface area (Å²) in [4.78, 5) is 31.5. The molecule has 1 aliphatic rings. The molecule has 0 radical (unpaired) electrons. The average molecular weight is 407 g/mol. The van der Waals surface area contributed by atoms with E-state index in [0.29, 0.717) is 16.9 Å². The van der Waals surface area contributed by atoms with Crippen molar-refractivity contribution in [2.24, 2.45) is 0 Å². The molecule has 7 heteroatoms. The molecule has 4 rings (SSSR count). The summed E-state index contributed by atoms with van der Waals surface area (Å²) in [6, 6.07) is 13.3. The van der Waals surface area contributed by atoms with Gasteiger partial charge >= 0.3 is 0 Å². The lowest BCUT2D eigenvalue weighted by Gasteiger charge is -2.24. The van der Waals surface area contributed by atoms with E-state index >= 15 is 0 Å². The molecule has 30 heavy (non-hydrogen) atoms. The molecule has 0 saturated carbocycles. The van der Waals surface area contributed by atoms with Crippen LogP contribution in [-0.4, -0.2) is 16.8 Å². The van der Waals surface area contributed by atoms with Gasteiger partial charge in [-0.3, -0.25) is 19.5 Å². The minimum atomic E-state index is -0.596. The summed E-state index contributed by atoms with van der Waals surface area (Å²) >= 11 is 0. The summed E-state index contributed by atoms with van der Waals surface area (Å²) in [5, 5.41) is 2.61. The van der Waals surface area contributed by atoms with E-state index in [-0.39, 0.29) is 24.4 Å². The van der Waals surface area contributed by atoms with Gasteiger partial charge in [-0.25, -0.2) is 8.78 Å². The second-order valence-electron chi connectivity index (χ2n) is 7.18. The Balaban J connectivity index is 1.56. The zero-order valence-electron chi connectivity index (χ0n) is 16.2. The fourth-order valence-corrected chi connectivity index (χ4v) is 3.57. The summed E-state index contributed by atoms with van der Waals surface area (Å²) in [5.41, 5.74) is 2.74.